The lowest BCUT2D eigenvalue weighted by Crippen LogP contribution is -1.99. The van der Waals surface area contributed by atoms with Gasteiger partial charge in [-0.05, 0) is 31.5 Å². The van der Waals surface area contributed by atoms with Crippen molar-refractivity contribution in [1.29, 1.82) is 0 Å². The number of aryl methyl sites for hydroxylation is 2. The maximum atomic E-state index is 5.84. The predicted molar refractivity (Wildman–Crippen MR) is 77.4 cm³/mol. The summed E-state index contributed by atoms with van der Waals surface area (Å²) in [5.41, 5.74) is 11.4. The molecule has 0 aliphatic heterocycles. The van der Waals surface area contributed by atoms with Crippen molar-refractivity contribution in [2.24, 2.45) is 7.05 Å². The lowest BCUT2D eigenvalue weighted by Gasteiger charge is -2.05. The Morgan fingerprint density at radius 2 is 2.00 bits per heavy atom. The summed E-state index contributed by atoms with van der Waals surface area (Å²) in [5.74, 6) is 0. The Kier molecular flexibility index (Phi) is 2.78. The van der Waals surface area contributed by atoms with Gasteiger partial charge in [0.15, 0.2) is 0 Å². The summed E-state index contributed by atoms with van der Waals surface area (Å²) in [5, 5.41) is 12.6. The van der Waals surface area contributed by atoms with Crippen molar-refractivity contribution in [3.05, 3.63) is 41.9 Å². The van der Waals surface area contributed by atoms with Crippen LogP contribution in [0.15, 0.2) is 30.6 Å². The molecule has 0 radical (unpaired) electrons. The van der Waals surface area contributed by atoms with Crippen LogP contribution in [0.25, 0.3) is 16.9 Å². The minimum atomic E-state index is 0.709. The molecule has 1 aromatic carbocycles. The average Bonchev–Trinajstić information content (AvgIpc) is 3.01. The first-order valence-corrected chi connectivity index (χ1v) is 6.34. The summed E-state index contributed by atoms with van der Waals surface area (Å²) in [6.45, 7) is 4.03. The lowest BCUT2D eigenvalue weighted by atomic mass is 10.2. The Balaban J connectivity index is 2.06. The molecule has 2 aromatic heterocycles. The van der Waals surface area contributed by atoms with Gasteiger partial charge in [-0.1, -0.05) is 11.3 Å². The molecule has 0 saturated carbocycles. The van der Waals surface area contributed by atoms with Crippen molar-refractivity contribution >= 4 is 5.69 Å². The second-order valence-electron chi connectivity index (χ2n) is 4.86. The van der Waals surface area contributed by atoms with Gasteiger partial charge < -0.3 is 5.73 Å². The van der Waals surface area contributed by atoms with Gasteiger partial charge in [0, 0.05) is 24.0 Å². The first-order valence-electron chi connectivity index (χ1n) is 6.34. The zero-order valence-electron chi connectivity index (χ0n) is 11.7. The first kappa shape index (κ1) is 12.4. The largest absolute Gasteiger partial charge is 0.399 e. The van der Waals surface area contributed by atoms with Crippen LogP contribution in [-0.4, -0.2) is 24.8 Å². The van der Waals surface area contributed by atoms with E-state index in [4.69, 9.17) is 5.73 Å². The molecule has 0 fully saturated rings. The van der Waals surface area contributed by atoms with Crippen LogP contribution in [0.2, 0.25) is 0 Å². The fraction of sp³-hybridized carbons (Fsp3) is 0.214. The Bertz CT molecular complexity index is 768. The van der Waals surface area contributed by atoms with E-state index < -0.39 is 0 Å². The van der Waals surface area contributed by atoms with Gasteiger partial charge in [-0.3, -0.25) is 4.68 Å². The van der Waals surface area contributed by atoms with Crippen LogP contribution in [0.4, 0.5) is 5.69 Å². The molecular formula is C14H16N6. The number of hydrogen-bond acceptors (Lipinski definition) is 4. The fourth-order valence-corrected chi connectivity index (χ4v) is 2.13. The van der Waals surface area contributed by atoms with Crippen molar-refractivity contribution in [3.8, 4) is 16.9 Å². The highest BCUT2D eigenvalue weighted by Crippen LogP contribution is 2.22. The van der Waals surface area contributed by atoms with E-state index >= 15 is 0 Å². The summed E-state index contributed by atoms with van der Waals surface area (Å²) in [7, 11) is 1.91. The molecule has 3 aromatic rings. The van der Waals surface area contributed by atoms with E-state index in [1.807, 2.05) is 50.0 Å². The van der Waals surface area contributed by atoms with Gasteiger partial charge in [-0.2, -0.15) is 5.10 Å². The van der Waals surface area contributed by atoms with Crippen molar-refractivity contribution < 1.29 is 0 Å². The topological polar surface area (TPSA) is 74.6 Å². The van der Waals surface area contributed by atoms with E-state index in [0.29, 0.717) is 5.69 Å². The molecule has 2 heterocycles. The molecule has 20 heavy (non-hydrogen) atoms. The average molecular weight is 268 g/mol. The number of benzene rings is 1. The Labute approximate surface area is 116 Å². The van der Waals surface area contributed by atoms with E-state index in [9.17, 15) is 0 Å². The molecule has 0 bridgehead atoms. The maximum Gasteiger partial charge on any atom is 0.116 e. The zero-order valence-corrected chi connectivity index (χ0v) is 11.7. The molecule has 0 amide bonds. The molecule has 102 valence electrons. The number of hydrogen-bond donors (Lipinski definition) is 1. The fourth-order valence-electron chi connectivity index (χ4n) is 2.13. The van der Waals surface area contributed by atoms with Crippen LogP contribution in [0, 0.1) is 13.8 Å². The second kappa shape index (κ2) is 4.48. The number of nitrogen functional groups attached to an aromatic ring is 1. The van der Waals surface area contributed by atoms with Gasteiger partial charge >= 0.3 is 0 Å². The van der Waals surface area contributed by atoms with Crippen LogP contribution in [0.3, 0.4) is 0 Å². The normalized spacial score (nSPS) is 10.9. The summed E-state index contributed by atoms with van der Waals surface area (Å²) in [6.07, 6.45) is 3.70. The molecule has 0 spiro atoms. The van der Waals surface area contributed by atoms with Crippen LogP contribution in [-0.2, 0) is 7.05 Å². The third-order valence-electron chi connectivity index (χ3n) is 3.48. The van der Waals surface area contributed by atoms with Crippen molar-refractivity contribution in [2.45, 2.75) is 13.8 Å². The van der Waals surface area contributed by atoms with Crippen LogP contribution in [0.1, 0.15) is 11.3 Å². The minimum Gasteiger partial charge on any atom is -0.399 e. The van der Waals surface area contributed by atoms with Crippen molar-refractivity contribution in [1.82, 2.24) is 24.8 Å². The van der Waals surface area contributed by atoms with Crippen LogP contribution in [0.5, 0.6) is 0 Å². The van der Waals surface area contributed by atoms with Gasteiger partial charge in [0.05, 0.1) is 18.1 Å². The SMILES string of the molecule is Cc1ccc(N)cc1-n1cc(-c2cnn(C)c2C)nn1. The van der Waals surface area contributed by atoms with Gasteiger partial charge in [-0.25, -0.2) is 4.68 Å². The van der Waals surface area contributed by atoms with E-state index in [1.54, 1.807) is 10.9 Å². The van der Waals surface area contributed by atoms with Crippen molar-refractivity contribution in [2.75, 3.05) is 5.73 Å². The highest BCUT2D eigenvalue weighted by molar-refractivity contribution is 5.61. The van der Waals surface area contributed by atoms with Crippen LogP contribution < -0.4 is 5.73 Å². The number of anilines is 1. The standard InChI is InChI=1S/C14H16N6/c1-9-4-5-11(15)6-14(9)20-8-13(17-18-20)12-7-16-19(3)10(12)2/h4-8H,15H2,1-3H3. The van der Waals surface area contributed by atoms with Gasteiger partial charge in [0.2, 0.25) is 0 Å². The molecule has 0 aliphatic rings. The molecule has 0 unspecified atom stereocenters. The quantitative estimate of drug-likeness (QED) is 0.720. The molecular weight excluding hydrogens is 252 g/mol. The maximum absolute atomic E-state index is 5.84. The monoisotopic (exact) mass is 268 g/mol. The summed E-state index contributed by atoms with van der Waals surface area (Å²) < 4.78 is 3.56. The van der Waals surface area contributed by atoms with E-state index in [1.165, 1.54) is 0 Å². The van der Waals surface area contributed by atoms with E-state index in [0.717, 1.165) is 28.2 Å². The number of nitrogens with zero attached hydrogens (tertiary/aromatic N) is 5. The van der Waals surface area contributed by atoms with Gasteiger partial charge in [0.25, 0.3) is 0 Å². The minimum absolute atomic E-state index is 0.709. The summed E-state index contributed by atoms with van der Waals surface area (Å²) in [4.78, 5) is 0. The molecule has 2 N–H and O–H groups in total. The number of aromatic nitrogens is 5. The first-order chi connectivity index (χ1) is 9.56. The van der Waals surface area contributed by atoms with Gasteiger partial charge in [-0.15, -0.1) is 5.10 Å². The van der Waals surface area contributed by atoms with Crippen LogP contribution >= 0.6 is 0 Å². The smallest absolute Gasteiger partial charge is 0.116 e. The molecule has 0 aliphatic carbocycles. The van der Waals surface area contributed by atoms with Crippen molar-refractivity contribution in [3.63, 3.8) is 0 Å². The third kappa shape index (κ3) is 1.95. The third-order valence-corrected chi connectivity index (χ3v) is 3.48. The highest BCUT2D eigenvalue weighted by atomic mass is 15.4. The molecule has 3 rings (SSSR count). The summed E-state index contributed by atoms with van der Waals surface area (Å²) in [6, 6.07) is 5.74. The predicted octanol–water partition coefficient (Wildman–Crippen LogP) is 1.87. The lowest BCUT2D eigenvalue weighted by molar-refractivity contribution is 0.740. The Morgan fingerprint density at radius 1 is 1.20 bits per heavy atom. The van der Waals surface area contributed by atoms with Gasteiger partial charge in [0.1, 0.15) is 5.69 Å². The Hall–Kier alpha value is -2.63. The van der Waals surface area contributed by atoms with E-state index in [-0.39, 0.29) is 0 Å². The molecule has 6 heteroatoms. The zero-order chi connectivity index (χ0) is 14.3. The number of nitrogens with two attached hydrogens (primary N) is 1. The highest BCUT2D eigenvalue weighted by Gasteiger charge is 2.12. The second-order valence-corrected chi connectivity index (χ2v) is 4.86. The summed E-state index contributed by atoms with van der Waals surface area (Å²) >= 11 is 0. The molecule has 0 saturated heterocycles. The molecule has 0 atom stereocenters. The Morgan fingerprint density at radius 3 is 2.70 bits per heavy atom. The number of rotatable bonds is 2. The van der Waals surface area contributed by atoms with E-state index in [2.05, 4.69) is 15.4 Å². The molecule has 6 nitrogen and oxygen atoms in total.